The van der Waals surface area contributed by atoms with Crippen molar-refractivity contribution in [1.82, 2.24) is 0 Å². The van der Waals surface area contributed by atoms with Gasteiger partial charge in [0.15, 0.2) is 0 Å². The van der Waals surface area contributed by atoms with E-state index in [0.717, 1.165) is 24.8 Å². The third-order valence-corrected chi connectivity index (χ3v) is 6.34. The van der Waals surface area contributed by atoms with Gasteiger partial charge in [0.25, 0.3) is 0 Å². The number of carbonyl (C=O) groups excluding carboxylic acids is 2. The monoisotopic (exact) mass is 314 g/mol. The Kier molecular flexibility index (Phi) is 2.99. The Morgan fingerprint density at radius 3 is 2.78 bits per heavy atom. The summed E-state index contributed by atoms with van der Waals surface area (Å²) in [5.41, 5.74) is 12.7. The predicted molar refractivity (Wildman–Crippen MR) is 85.7 cm³/mol. The molecule has 0 heterocycles. The first-order valence-electron chi connectivity index (χ1n) is 8.23. The van der Waals surface area contributed by atoms with Gasteiger partial charge >= 0.3 is 0 Å². The van der Waals surface area contributed by atoms with Gasteiger partial charge < -0.3 is 16.2 Å². The molecule has 1 aromatic rings. The molecule has 5 atom stereocenters. The maximum atomic E-state index is 12.7. The van der Waals surface area contributed by atoms with E-state index in [1.165, 1.54) is 0 Å². The number of hydrogen-bond acceptors (Lipinski definition) is 4. The number of Topliss-reactive ketones (excluding diaryl/α,β-unsaturated/α-hetero) is 1. The molecule has 1 aromatic carbocycles. The fourth-order valence-electron chi connectivity index (χ4n) is 5.55. The van der Waals surface area contributed by atoms with E-state index in [1.54, 1.807) is 13.2 Å². The van der Waals surface area contributed by atoms with Gasteiger partial charge in [0.1, 0.15) is 11.5 Å². The van der Waals surface area contributed by atoms with Gasteiger partial charge in [-0.2, -0.15) is 0 Å². The lowest BCUT2D eigenvalue weighted by Gasteiger charge is -2.58. The van der Waals surface area contributed by atoms with Crippen molar-refractivity contribution in [1.29, 1.82) is 0 Å². The Balaban J connectivity index is 1.85. The number of hydrogen-bond donors (Lipinski definition) is 2. The van der Waals surface area contributed by atoms with Crippen molar-refractivity contribution >= 4 is 17.4 Å². The van der Waals surface area contributed by atoms with Crippen LogP contribution >= 0.6 is 0 Å². The lowest BCUT2D eigenvalue weighted by Crippen LogP contribution is -2.60. The number of ether oxygens (including phenoxy) is 1. The summed E-state index contributed by atoms with van der Waals surface area (Å²) in [7, 11) is 1.57. The van der Waals surface area contributed by atoms with Gasteiger partial charge in [0, 0.05) is 17.8 Å². The molecular formula is C18H22N2O3. The molecule has 4 aliphatic carbocycles. The number of anilines is 1. The van der Waals surface area contributed by atoms with Crippen LogP contribution in [0, 0.1) is 23.2 Å². The van der Waals surface area contributed by atoms with Crippen LogP contribution in [0.2, 0.25) is 0 Å². The summed E-state index contributed by atoms with van der Waals surface area (Å²) in [5, 5.41) is 0. The molecule has 0 spiro atoms. The molecule has 0 aliphatic heterocycles. The summed E-state index contributed by atoms with van der Waals surface area (Å²) in [4.78, 5) is 25.2. The number of nitrogen functional groups attached to an aromatic ring is 1. The Bertz CT molecular complexity index is 702. The van der Waals surface area contributed by atoms with Crippen molar-refractivity contribution in [2.24, 2.45) is 28.9 Å². The Morgan fingerprint density at radius 2 is 2.09 bits per heavy atom. The number of rotatable bonds is 3. The molecule has 4 aliphatic rings. The SMILES string of the molecule is COc1cc(C2C3CC4CC(CC2(C(N)=O)C4)C3=O)ccc1N. The first-order chi connectivity index (χ1) is 11.0. The largest absolute Gasteiger partial charge is 0.495 e. The van der Waals surface area contributed by atoms with Gasteiger partial charge in [-0.1, -0.05) is 6.07 Å². The van der Waals surface area contributed by atoms with Gasteiger partial charge in [0.2, 0.25) is 5.91 Å². The summed E-state index contributed by atoms with van der Waals surface area (Å²) in [6.07, 6.45) is 3.22. The second-order valence-corrected chi connectivity index (χ2v) is 7.45. The predicted octanol–water partition coefficient (Wildman–Crippen LogP) is 1.85. The van der Waals surface area contributed by atoms with E-state index < -0.39 is 5.41 Å². The van der Waals surface area contributed by atoms with Crippen LogP contribution in [0.25, 0.3) is 0 Å². The van der Waals surface area contributed by atoms with Gasteiger partial charge in [-0.15, -0.1) is 0 Å². The summed E-state index contributed by atoms with van der Waals surface area (Å²) in [6, 6.07) is 5.58. The maximum Gasteiger partial charge on any atom is 0.224 e. The van der Waals surface area contributed by atoms with E-state index in [0.29, 0.717) is 29.6 Å². The third-order valence-electron chi connectivity index (χ3n) is 6.34. The second-order valence-electron chi connectivity index (χ2n) is 7.45. The average molecular weight is 314 g/mol. The normalized spacial score (nSPS) is 37.9. The van der Waals surface area contributed by atoms with Crippen LogP contribution < -0.4 is 16.2 Å². The highest BCUT2D eigenvalue weighted by Gasteiger charge is 2.63. The highest BCUT2D eigenvalue weighted by atomic mass is 16.5. The molecule has 23 heavy (non-hydrogen) atoms. The molecule has 122 valence electrons. The summed E-state index contributed by atoms with van der Waals surface area (Å²) >= 11 is 0. The molecule has 5 nitrogen and oxygen atoms in total. The zero-order chi connectivity index (χ0) is 16.4. The number of carbonyl (C=O) groups is 2. The molecule has 1 amide bonds. The minimum atomic E-state index is -0.592. The van der Waals surface area contributed by atoms with Crippen LogP contribution in [0.5, 0.6) is 5.75 Å². The third kappa shape index (κ3) is 1.85. The number of methoxy groups -OCH3 is 1. The molecule has 4 saturated carbocycles. The molecule has 4 fully saturated rings. The van der Waals surface area contributed by atoms with Crippen LogP contribution in [0.1, 0.15) is 37.2 Å². The van der Waals surface area contributed by atoms with E-state index in [1.807, 2.05) is 12.1 Å². The molecule has 5 unspecified atom stereocenters. The Morgan fingerprint density at radius 1 is 1.30 bits per heavy atom. The standard InChI is InChI=1S/C18H22N2O3/c1-23-14-6-10(2-3-13(14)19)15-12-5-9-4-11(16(12)21)8-18(15,7-9)17(20)22/h2-3,6,9,11-12,15H,4-5,7-8,19H2,1H3,(H2,20,22). The van der Waals surface area contributed by atoms with Crippen molar-refractivity contribution < 1.29 is 14.3 Å². The van der Waals surface area contributed by atoms with E-state index in [2.05, 4.69) is 0 Å². The molecule has 0 radical (unpaired) electrons. The lowest BCUT2D eigenvalue weighted by atomic mass is 9.43. The van der Waals surface area contributed by atoms with Crippen LogP contribution in [0.15, 0.2) is 18.2 Å². The van der Waals surface area contributed by atoms with Gasteiger partial charge in [-0.25, -0.2) is 0 Å². The highest BCUT2D eigenvalue weighted by molar-refractivity contribution is 5.93. The summed E-state index contributed by atoms with van der Waals surface area (Å²) < 4.78 is 5.32. The average Bonchev–Trinajstić information content (AvgIpc) is 2.52. The van der Waals surface area contributed by atoms with Crippen molar-refractivity contribution in [3.63, 3.8) is 0 Å². The van der Waals surface area contributed by atoms with Crippen molar-refractivity contribution in [2.75, 3.05) is 12.8 Å². The Labute approximate surface area is 135 Å². The minimum Gasteiger partial charge on any atom is -0.495 e. The fraction of sp³-hybridized carbons (Fsp3) is 0.556. The van der Waals surface area contributed by atoms with Crippen molar-refractivity contribution in [3.05, 3.63) is 23.8 Å². The van der Waals surface area contributed by atoms with Crippen LogP contribution in [-0.4, -0.2) is 18.8 Å². The fourth-order valence-corrected chi connectivity index (χ4v) is 5.55. The molecular weight excluding hydrogens is 292 g/mol. The van der Waals surface area contributed by atoms with Crippen LogP contribution in [0.4, 0.5) is 5.69 Å². The van der Waals surface area contributed by atoms with E-state index in [9.17, 15) is 9.59 Å². The van der Waals surface area contributed by atoms with Crippen LogP contribution in [-0.2, 0) is 9.59 Å². The number of amides is 1. The summed E-state index contributed by atoms with van der Waals surface area (Å²) in [5.74, 6) is 0.881. The van der Waals surface area contributed by atoms with Gasteiger partial charge in [0.05, 0.1) is 18.2 Å². The number of primary amides is 1. The topological polar surface area (TPSA) is 95.4 Å². The highest BCUT2D eigenvalue weighted by Crippen LogP contribution is 2.64. The zero-order valence-corrected chi connectivity index (χ0v) is 13.2. The minimum absolute atomic E-state index is 0.0203. The maximum absolute atomic E-state index is 12.7. The van der Waals surface area contributed by atoms with E-state index in [4.69, 9.17) is 16.2 Å². The molecule has 0 saturated heterocycles. The summed E-state index contributed by atoms with van der Waals surface area (Å²) in [6.45, 7) is 0. The molecule has 4 N–H and O–H groups in total. The first-order valence-corrected chi connectivity index (χ1v) is 8.23. The van der Waals surface area contributed by atoms with Crippen molar-refractivity contribution in [3.8, 4) is 5.75 Å². The van der Waals surface area contributed by atoms with Crippen molar-refractivity contribution in [2.45, 2.75) is 31.6 Å². The first kappa shape index (κ1) is 14.5. The van der Waals surface area contributed by atoms with Gasteiger partial charge in [-0.3, -0.25) is 9.59 Å². The molecule has 4 bridgehead atoms. The molecule has 0 aromatic heterocycles. The molecule has 5 rings (SSSR count). The number of benzene rings is 1. The zero-order valence-electron chi connectivity index (χ0n) is 13.2. The smallest absolute Gasteiger partial charge is 0.224 e. The number of ketones is 1. The quantitative estimate of drug-likeness (QED) is 0.832. The number of nitrogens with two attached hydrogens (primary N) is 2. The second kappa shape index (κ2) is 4.73. The van der Waals surface area contributed by atoms with E-state index in [-0.39, 0.29) is 23.7 Å². The van der Waals surface area contributed by atoms with Crippen LogP contribution in [0.3, 0.4) is 0 Å². The van der Waals surface area contributed by atoms with E-state index >= 15 is 0 Å². The lowest BCUT2D eigenvalue weighted by molar-refractivity contribution is -0.160. The molecule has 5 heteroatoms. The Hall–Kier alpha value is -2.04. The van der Waals surface area contributed by atoms with Gasteiger partial charge in [-0.05, 0) is 49.3 Å².